The van der Waals surface area contributed by atoms with E-state index in [2.05, 4.69) is 5.32 Å². The maximum absolute atomic E-state index is 12.8. The summed E-state index contributed by atoms with van der Waals surface area (Å²) in [6, 6.07) is 3.32. The second-order valence-corrected chi connectivity index (χ2v) is 7.25. The number of carbonyl (C=O) groups is 3. The average molecular weight is 347 g/mol. The highest BCUT2D eigenvalue weighted by atomic mass is 16.3. The van der Waals surface area contributed by atoms with Gasteiger partial charge in [0.05, 0.1) is 6.26 Å². The number of hydrogen-bond donors (Lipinski definition) is 1. The van der Waals surface area contributed by atoms with Gasteiger partial charge in [-0.05, 0) is 30.9 Å². The van der Waals surface area contributed by atoms with Gasteiger partial charge in [-0.3, -0.25) is 14.4 Å². The Labute approximate surface area is 147 Å². The van der Waals surface area contributed by atoms with E-state index < -0.39 is 5.41 Å². The van der Waals surface area contributed by atoms with Crippen molar-refractivity contribution >= 4 is 17.7 Å². The molecule has 0 bridgehead atoms. The second-order valence-electron chi connectivity index (χ2n) is 7.25. The Bertz CT molecular complexity index is 641. The fourth-order valence-electron chi connectivity index (χ4n) is 3.10. The maximum atomic E-state index is 12.8. The van der Waals surface area contributed by atoms with Crippen molar-refractivity contribution in [3.05, 3.63) is 24.2 Å². The number of furan rings is 1. The zero-order valence-corrected chi connectivity index (χ0v) is 14.8. The van der Waals surface area contributed by atoms with Crippen LogP contribution in [0.15, 0.2) is 22.8 Å². The van der Waals surface area contributed by atoms with Crippen molar-refractivity contribution < 1.29 is 18.8 Å². The quantitative estimate of drug-likeness (QED) is 0.809. The molecule has 2 fully saturated rings. The molecule has 1 aliphatic carbocycles. The van der Waals surface area contributed by atoms with Gasteiger partial charge in [0.1, 0.15) is 5.41 Å². The van der Waals surface area contributed by atoms with Gasteiger partial charge in [0.2, 0.25) is 11.8 Å². The lowest BCUT2D eigenvalue weighted by molar-refractivity contribution is -0.145. The number of nitrogens with one attached hydrogen (secondary N) is 1. The molecule has 1 aromatic rings. The second kappa shape index (κ2) is 6.90. The zero-order valence-electron chi connectivity index (χ0n) is 14.8. The molecule has 0 atom stereocenters. The summed E-state index contributed by atoms with van der Waals surface area (Å²) in [4.78, 5) is 40.9. The first-order chi connectivity index (χ1) is 11.9. The molecule has 3 amide bonds. The molecule has 0 spiro atoms. The minimum absolute atomic E-state index is 0.0983. The molecule has 136 valence electrons. The van der Waals surface area contributed by atoms with Gasteiger partial charge >= 0.3 is 0 Å². The van der Waals surface area contributed by atoms with E-state index in [0.717, 1.165) is 0 Å². The van der Waals surface area contributed by atoms with Crippen LogP contribution < -0.4 is 5.32 Å². The van der Waals surface area contributed by atoms with Gasteiger partial charge in [0.15, 0.2) is 5.76 Å². The third-order valence-corrected chi connectivity index (χ3v) is 4.85. The molecular formula is C18H25N3O4. The van der Waals surface area contributed by atoms with Gasteiger partial charge in [-0.2, -0.15) is 0 Å². The predicted octanol–water partition coefficient (Wildman–Crippen LogP) is 1.12. The van der Waals surface area contributed by atoms with E-state index in [1.165, 1.54) is 6.26 Å². The molecule has 1 aliphatic heterocycles. The number of amides is 3. The predicted molar refractivity (Wildman–Crippen MR) is 90.7 cm³/mol. The number of piperazine rings is 1. The minimum Gasteiger partial charge on any atom is -0.459 e. The molecular weight excluding hydrogens is 322 g/mol. The van der Waals surface area contributed by atoms with Crippen LogP contribution >= 0.6 is 0 Å². The summed E-state index contributed by atoms with van der Waals surface area (Å²) in [5.41, 5.74) is -0.873. The third-order valence-electron chi connectivity index (χ3n) is 4.85. The molecule has 3 rings (SSSR count). The molecule has 25 heavy (non-hydrogen) atoms. The van der Waals surface area contributed by atoms with E-state index in [-0.39, 0.29) is 17.7 Å². The lowest BCUT2D eigenvalue weighted by Gasteiger charge is -2.36. The molecule has 1 aromatic heterocycles. The zero-order chi connectivity index (χ0) is 18.0. The number of carbonyl (C=O) groups excluding carboxylic acids is 3. The fourth-order valence-corrected chi connectivity index (χ4v) is 3.10. The van der Waals surface area contributed by atoms with Gasteiger partial charge in [-0.15, -0.1) is 0 Å². The van der Waals surface area contributed by atoms with Crippen LogP contribution in [-0.4, -0.2) is 60.2 Å². The summed E-state index contributed by atoms with van der Waals surface area (Å²) in [5.74, 6) is 0.254. The van der Waals surface area contributed by atoms with E-state index in [9.17, 15) is 14.4 Å². The van der Waals surface area contributed by atoms with Crippen molar-refractivity contribution in [1.82, 2.24) is 15.1 Å². The first-order valence-corrected chi connectivity index (χ1v) is 8.84. The van der Waals surface area contributed by atoms with Crippen LogP contribution in [0, 0.1) is 11.3 Å². The van der Waals surface area contributed by atoms with E-state index in [1.54, 1.807) is 21.9 Å². The Morgan fingerprint density at radius 1 is 1.16 bits per heavy atom. The molecule has 1 saturated heterocycles. The standard InChI is InChI=1S/C18H25N3O4/c1-13(2)12-19-16(23)18(5-6-18)17(24)21-9-7-20(8-10-21)15(22)14-4-3-11-25-14/h3-4,11,13H,5-10,12H2,1-2H3,(H,19,23). The largest absolute Gasteiger partial charge is 0.459 e. The molecule has 7 nitrogen and oxygen atoms in total. The van der Waals surface area contributed by atoms with Gasteiger partial charge in [-0.1, -0.05) is 13.8 Å². The van der Waals surface area contributed by atoms with Crippen LogP contribution in [-0.2, 0) is 9.59 Å². The molecule has 0 radical (unpaired) electrons. The first kappa shape index (κ1) is 17.5. The number of hydrogen-bond acceptors (Lipinski definition) is 4. The van der Waals surface area contributed by atoms with Crippen molar-refractivity contribution in [2.45, 2.75) is 26.7 Å². The fraction of sp³-hybridized carbons (Fsp3) is 0.611. The van der Waals surface area contributed by atoms with Gasteiger partial charge in [0.25, 0.3) is 5.91 Å². The lowest BCUT2D eigenvalue weighted by Crippen LogP contribution is -2.54. The smallest absolute Gasteiger partial charge is 0.289 e. The van der Waals surface area contributed by atoms with E-state index in [0.29, 0.717) is 57.2 Å². The van der Waals surface area contributed by atoms with Crippen LogP contribution in [0.2, 0.25) is 0 Å². The summed E-state index contributed by atoms with van der Waals surface area (Å²) in [6.07, 6.45) is 2.70. The minimum atomic E-state index is -0.873. The van der Waals surface area contributed by atoms with Gasteiger partial charge in [0, 0.05) is 32.7 Å². The monoisotopic (exact) mass is 347 g/mol. The first-order valence-electron chi connectivity index (χ1n) is 8.84. The van der Waals surface area contributed by atoms with Crippen molar-refractivity contribution in [2.75, 3.05) is 32.7 Å². The van der Waals surface area contributed by atoms with Crippen molar-refractivity contribution in [3.63, 3.8) is 0 Å². The Morgan fingerprint density at radius 2 is 1.80 bits per heavy atom. The molecule has 2 heterocycles. The topological polar surface area (TPSA) is 82.9 Å². The van der Waals surface area contributed by atoms with Crippen LogP contribution in [0.4, 0.5) is 0 Å². The Balaban J connectivity index is 1.55. The van der Waals surface area contributed by atoms with Crippen molar-refractivity contribution in [3.8, 4) is 0 Å². The normalized spacial score (nSPS) is 19.0. The van der Waals surface area contributed by atoms with Crippen LogP contribution in [0.25, 0.3) is 0 Å². The molecule has 0 aromatic carbocycles. The van der Waals surface area contributed by atoms with Crippen molar-refractivity contribution in [2.24, 2.45) is 11.3 Å². The summed E-state index contributed by atoms with van der Waals surface area (Å²) in [6.45, 7) is 6.44. The summed E-state index contributed by atoms with van der Waals surface area (Å²) in [7, 11) is 0. The molecule has 7 heteroatoms. The summed E-state index contributed by atoms with van der Waals surface area (Å²) < 4.78 is 5.14. The van der Waals surface area contributed by atoms with E-state index in [1.807, 2.05) is 13.8 Å². The van der Waals surface area contributed by atoms with Gasteiger partial charge < -0.3 is 19.5 Å². The molecule has 2 aliphatic rings. The summed E-state index contributed by atoms with van der Waals surface area (Å²) in [5, 5.41) is 2.89. The van der Waals surface area contributed by atoms with Crippen LogP contribution in [0.3, 0.4) is 0 Å². The number of rotatable bonds is 5. The summed E-state index contributed by atoms with van der Waals surface area (Å²) >= 11 is 0. The Hall–Kier alpha value is -2.31. The molecule has 1 saturated carbocycles. The highest BCUT2D eigenvalue weighted by Gasteiger charge is 2.58. The highest BCUT2D eigenvalue weighted by molar-refractivity contribution is 6.08. The Morgan fingerprint density at radius 3 is 2.32 bits per heavy atom. The van der Waals surface area contributed by atoms with Crippen LogP contribution in [0.5, 0.6) is 0 Å². The van der Waals surface area contributed by atoms with E-state index >= 15 is 0 Å². The molecule has 0 unspecified atom stereocenters. The highest BCUT2D eigenvalue weighted by Crippen LogP contribution is 2.47. The third kappa shape index (κ3) is 3.55. The van der Waals surface area contributed by atoms with Crippen LogP contribution in [0.1, 0.15) is 37.2 Å². The molecule has 1 N–H and O–H groups in total. The SMILES string of the molecule is CC(C)CNC(=O)C1(C(=O)N2CCN(C(=O)c3ccco3)CC2)CC1. The Kier molecular flexibility index (Phi) is 4.83. The van der Waals surface area contributed by atoms with Crippen molar-refractivity contribution in [1.29, 1.82) is 0 Å². The van der Waals surface area contributed by atoms with Gasteiger partial charge in [-0.25, -0.2) is 0 Å². The maximum Gasteiger partial charge on any atom is 0.289 e. The lowest BCUT2D eigenvalue weighted by atomic mass is 10.0. The average Bonchev–Trinajstić information content (AvgIpc) is 3.25. The van der Waals surface area contributed by atoms with E-state index in [4.69, 9.17) is 4.42 Å². The number of nitrogens with zero attached hydrogens (tertiary/aromatic N) is 2.